The molecule has 2 fully saturated rings. The molecule has 416 valence electrons. The summed E-state index contributed by atoms with van der Waals surface area (Å²) in [4.78, 5) is 46.5. The largest absolute Gasteiger partial charge is 0.496 e. The van der Waals surface area contributed by atoms with Crippen LogP contribution in [0.5, 0.6) is 5.75 Å². The van der Waals surface area contributed by atoms with Gasteiger partial charge in [-0.25, -0.2) is 13.2 Å². The van der Waals surface area contributed by atoms with E-state index in [9.17, 15) is 47.1 Å². The van der Waals surface area contributed by atoms with E-state index in [1.54, 1.807) is 50.2 Å². The van der Waals surface area contributed by atoms with Crippen LogP contribution in [0.15, 0.2) is 107 Å². The number of H-pyrrole nitrogens is 1. The highest BCUT2D eigenvalue weighted by Gasteiger charge is 2.78. The Labute approximate surface area is 452 Å². The maximum atomic E-state index is 16.0. The number of nitro groups is 1. The van der Waals surface area contributed by atoms with Gasteiger partial charge in [-0.15, -0.1) is 0 Å². The summed E-state index contributed by atoms with van der Waals surface area (Å²) in [5.74, 6) is -2.88. The Morgan fingerprint density at radius 2 is 1.56 bits per heavy atom. The van der Waals surface area contributed by atoms with E-state index in [1.165, 1.54) is 26.4 Å². The van der Waals surface area contributed by atoms with Gasteiger partial charge in [0.15, 0.2) is 0 Å². The number of methoxy groups -OCH3 is 3. The zero-order valence-corrected chi connectivity index (χ0v) is 45.9. The lowest BCUT2D eigenvalue weighted by molar-refractivity contribution is -0.384. The number of aryl methyl sites for hydroxylation is 1. The SMILES string of the molecule is CC[C@]1(O)C[C@H](COS(=O)(=O)c2ccc(C)cc2)C[C@](C(=O)OC)(c2cc3c(cc2OC)N[C@@H]2[C@@](O)(C(=O)OC)[C@H](O)[C@]4(CC)C=CCN5CC[C@]32[C@@H]54)c2[nH]c3ccccc3c2CCN(S(=O)(=O)c2ccc([N+](=O)[O-])cc2)C1. The first-order chi connectivity index (χ1) is 37.0. The van der Waals surface area contributed by atoms with Gasteiger partial charge in [0, 0.05) is 82.6 Å². The number of non-ortho nitro benzene ring substituents is 1. The first-order valence-electron chi connectivity index (χ1n) is 26.1. The second kappa shape index (κ2) is 19.8. The van der Waals surface area contributed by atoms with Gasteiger partial charge in [0.2, 0.25) is 15.6 Å². The molecule has 1 aromatic heterocycles. The second-order valence-electron chi connectivity index (χ2n) is 21.6. The number of sulfonamides is 1. The number of fused-ring (bicyclic) bond motifs is 4. The average Bonchev–Trinajstić information content (AvgIpc) is 4.21. The van der Waals surface area contributed by atoms with Crippen LogP contribution in [0.3, 0.4) is 0 Å². The smallest absolute Gasteiger partial charge is 0.342 e. The molecule has 5 heterocycles. The summed E-state index contributed by atoms with van der Waals surface area (Å²) in [6.45, 7) is 4.93. The lowest BCUT2D eigenvalue weighted by Crippen LogP contribution is -2.79. The van der Waals surface area contributed by atoms with Crippen LogP contribution in [0.2, 0.25) is 0 Å². The Balaban J connectivity index is 1.25. The van der Waals surface area contributed by atoms with Crippen LogP contribution in [-0.4, -0.2) is 147 Å². The molecular formula is C56H65N5O15S2. The van der Waals surface area contributed by atoms with Gasteiger partial charge in [-0.2, -0.15) is 12.7 Å². The van der Waals surface area contributed by atoms with Crippen LogP contribution in [0, 0.1) is 28.4 Å². The predicted octanol–water partition coefficient (Wildman–Crippen LogP) is 5.39. The summed E-state index contributed by atoms with van der Waals surface area (Å²) >= 11 is 0. The number of aliphatic hydroxyl groups excluding tert-OH is 1. The van der Waals surface area contributed by atoms with Crippen molar-refractivity contribution < 1.29 is 65.1 Å². The molecule has 20 nitrogen and oxygen atoms in total. The number of carbonyl (C=O) groups is 2. The van der Waals surface area contributed by atoms with Crippen molar-refractivity contribution >= 4 is 54.4 Å². The fourth-order valence-corrected chi connectivity index (χ4v) is 16.6. The molecule has 5 aliphatic rings. The third-order valence-corrected chi connectivity index (χ3v) is 20.9. The summed E-state index contributed by atoms with van der Waals surface area (Å²) in [6, 6.07) is 19.5. The molecule has 5 N–H and O–H groups in total. The summed E-state index contributed by atoms with van der Waals surface area (Å²) in [5, 5.41) is 54.2. The standard InChI is InChI=1S/C56H65N5O15S2/c1-7-52(65)30-35(32-76-78(71,72)38-18-14-34(3)15-19-38)31-55(50(63)74-5,46-40(39-12-9-10-13-43(39)57-46)22-26-60(33-52)77(69,70)37-20-16-36(17-21-37)61(67)68)42-28-41-44(29-45(42)73-4)58-47-54(41)24-27-59-25-11-23-53(8-2,48(54)59)49(62)56(47,66)51(64)75-6/h9-21,23,28-29,35,47-49,57-58,62,65-66H,7-8,22,24-27,30-33H2,1-6H3/t35-,47-,48-,49+,52-,53+,54-,55-,56-/m0/s1. The number of β-amino-alcohol motifs (C(OH)–C–C–N with tert-alkyl or cyclic N) is 1. The highest BCUT2D eigenvalue weighted by molar-refractivity contribution is 7.89. The van der Waals surface area contributed by atoms with Crippen LogP contribution >= 0.6 is 0 Å². The van der Waals surface area contributed by atoms with Crippen molar-refractivity contribution in [1.29, 1.82) is 0 Å². The molecule has 0 unspecified atom stereocenters. The van der Waals surface area contributed by atoms with Crippen molar-refractivity contribution in [3.63, 3.8) is 0 Å². The predicted molar refractivity (Wildman–Crippen MR) is 286 cm³/mol. The monoisotopic (exact) mass is 1110 g/mol. The minimum absolute atomic E-state index is 0.0713. The number of anilines is 1. The summed E-state index contributed by atoms with van der Waals surface area (Å²) in [6.07, 6.45) is 2.04. The normalized spacial score (nSPS) is 30.0. The number of esters is 2. The Morgan fingerprint density at radius 1 is 0.872 bits per heavy atom. The van der Waals surface area contributed by atoms with Crippen LogP contribution in [0.1, 0.15) is 73.9 Å². The van der Waals surface area contributed by atoms with Crippen molar-refractivity contribution in [2.75, 3.05) is 59.4 Å². The lowest BCUT2D eigenvalue weighted by atomic mass is 9.48. The van der Waals surface area contributed by atoms with Crippen molar-refractivity contribution in [3.8, 4) is 5.75 Å². The van der Waals surface area contributed by atoms with E-state index in [2.05, 4.69) is 15.2 Å². The number of ether oxygens (including phenoxy) is 3. The number of aliphatic hydroxyl groups is 3. The first-order valence-corrected chi connectivity index (χ1v) is 28.9. The number of nitrogens with one attached hydrogen (secondary N) is 2. The highest BCUT2D eigenvalue weighted by atomic mass is 32.2. The van der Waals surface area contributed by atoms with E-state index in [-0.39, 0.29) is 64.7 Å². The van der Waals surface area contributed by atoms with Gasteiger partial charge in [-0.1, -0.05) is 61.9 Å². The quantitative estimate of drug-likeness (QED) is 0.0325. The summed E-state index contributed by atoms with van der Waals surface area (Å²) in [5.41, 5.74) is -5.86. The zero-order chi connectivity index (χ0) is 56.0. The van der Waals surface area contributed by atoms with E-state index in [4.69, 9.17) is 18.4 Å². The third-order valence-electron chi connectivity index (χ3n) is 17.8. The molecule has 5 aromatic rings. The molecule has 0 amide bonds. The van der Waals surface area contributed by atoms with Gasteiger partial charge in [0.25, 0.3) is 15.8 Å². The number of aromatic amines is 1. The Hall–Kier alpha value is -6.24. The number of hydrogen-bond acceptors (Lipinski definition) is 17. The van der Waals surface area contributed by atoms with Crippen LogP contribution < -0.4 is 10.1 Å². The molecule has 22 heteroatoms. The molecule has 4 aliphatic heterocycles. The van der Waals surface area contributed by atoms with Crippen LogP contribution in [0.4, 0.5) is 11.4 Å². The maximum Gasteiger partial charge on any atom is 0.342 e. The highest BCUT2D eigenvalue weighted by Crippen LogP contribution is 2.66. The van der Waals surface area contributed by atoms with Gasteiger partial charge in [0.1, 0.15) is 17.3 Å². The number of nitrogens with zero attached hydrogens (tertiary/aromatic N) is 3. The fourth-order valence-electron chi connectivity index (χ4n) is 14.1. The van der Waals surface area contributed by atoms with E-state index in [0.29, 0.717) is 53.6 Å². The van der Waals surface area contributed by atoms with Gasteiger partial charge < -0.3 is 39.8 Å². The zero-order valence-electron chi connectivity index (χ0n) is 44.2. The molecule has 0 bridgehead atoms. The van der Waals surface area contributed by atoms with Crippen molar-refractivity contribution in [1.82, 2.24) is 14.2 Å². The molecule has 0 radical (unpaired) electrons. The topological polar surface area (TPSA) is 277 Å². The second-order valence-corrected chi connectivity index (χ2v) is 25.2. The van der Waals surface area contributed by atoms with Gasteiger partial charge >= 0.3 is 11.9 Å². The first kappa shape index (κ1) is 55.1. The molecule has 1 spiro atoms. The van der Waals surface area contributed by atoms with Gasteiger partial charge in [-0.3, -0.25) is 24.0 Å². The molecule has 1 aliphatic carbocycles. The van der Waals surface area contributed by atoms with Crippen molar-refractivity contribution in [2.45, 2.75) is 109 Å². The third kappa shape index (κ3) is 8.27. The minimum atomic E-state index is -4.56. The number of nitro benzene ring substituents is 1. The number of benzene rings is 4. The molecule has 10 rings (SSSR count). The number of carbonyl (C=O) groups excluding carboxylic acids is 2. The fraction of sp³-hybridized carbons (Fsp3) is 0.464. The van der Waals surface area contributed by atoms with Crippen molar-refractivity contribution in [3.05, 3.63) is 135 Å². The molecular weight excluding hydrogens is 1050 g/mol. The molecule has 4 aromatic carbocycles. The van der Waals surface area contributed by atoms with Gasteiger partial charge in [-0.05, 0) is 105 Å². The average molecular weight is 1110 g/mol. The molecule has 78 heavy (non-hydrogen) atoms. The Kier molecular flexibility index (Phi) is 14.0. The Morgan fingerprint density at radius 3 is 2.22 bits per heavy atom. The Bertz CT molecular complexity index is 3460. The molecule has 1 saturated heterocycles. The van der Waals surface area contributed by atoms with E-state index < -0.39 is 102 Å². The number of aromatic nitrogens is 1. The van der Waals surface area contributed by atoms with Crippen LogP contribution in [0.25, 0.3) is 10.9 Å². The van der Waals surface area contributed by atoms with Gasteiger partial charge in [0.05, 0.1) is 54.3 Å². The summed E-state index contributed by atoms with van der Waals surface area (Å²) < 4.78 is 83.0. The van der Waals surface area contributed by atoms with Crippen molar-refractivity contribution in [2.24, 2.45) is 11.3 Å². The lowest BCUT2D eigenvalue weighted by Gasteiger charge is -2.62. The number of para-hydroxylation sites is 1. The number of hydrogen-bond donors (Lipinski definition) is 5. The van der Waals surface area contributed by atoms with E-state index in [1.807, 2.05) is 31.2 Å². The summed E-state index contributed by atoms with van der Waals surface area (Å²) in [7, 11) is -5.29. The van der Waals surface area contributed by atoms with Crippen LogP contribution in [-0.2, 0) is 60.6 Å². The maximum absolute atomic E-state index is 16.0. The molecule has 9 atom stereocenters. The number of rotatable bonds is 13. The van der Waals surface area contributed by atoms with E-state index in [0.717, 1.165) is 41.2 Å². The van der Waals surface area contributed by atoms with E-state index >= 15 is 4.79 Å². The molecule has 1 saturated carbocycles. The minimum Gasteiger partial charge on any atom is -0.496 e.